The minimum absolute atomic E-state index is 0.131. The summed E-state index contributed by atoms with van der Waals surface area (Å²) in [5, 5.41) is 54.8. The second-order valence-electron chi connectivity index (χ2n) is 22.2. The van der Waals surface area contributed by atoms with Crippen LogP contribution in [0.15, 0.2) is 0 Å². The first kappa shape index (κ1) is 67.2. The maximum atomic E-state index is 13.1. The van der Waals surface area contributed by atoms with Crippen molar-refractivity contribution in [2.75, 3.05) is 13.2 Å². The fourth-order valence-corrected chi connectivity index (χ4v) is 10.5. The van der Waals surface area contributed by atoms with Gasteiger partial charge in [0.05, 0.1) is 25.4 Å². The molecule has 7 atom stereocenters. The molecule has 0 spiro atoms. The molecule has 0 saturated carbocycles. The Bertz CT molecular complexity index is 1060. The fraction of sp³-hybridized carbons (Fsp3) is 0.984. The van der Waals surface area contributed by atoms with E-state index in [1.54, 1.807) is 0 Å². The second kappa shape index (κ2) is 51.7. The van der Waals surface area contributed by atoms with Crippen LogP contribution in [0, 0.1) is 0 Å². The zero-order chi connectivity index (χ0) is 50.8. The third-order valence-electron chi connectivity index (χ3n) is 15.5. The average Bonchev–Trinajstić information content (AvgIpc) is 3.36. The molecular formula is C61H121NO8. The predicted octanol–water partition coefficient (Wildman–Crippen LogP) is 15.8. The first-order valence-corrected chi connectivity index (χ1v) is 31.2. The molecule has 9 nitrogen and oxygen atoms in total. The molecule has 0 radical (unpaired) electrons. The van der Waals surface area contributed by atoms with Gasteiger partial charge in [0, 0.05) is 6.42 Å². The van der Waals surface area contributed by atoms with Gasteiger partial charge >= 0.3 is 0 Å². The van der Waals surface area contributed by atoms with Gasteiger partial charge in [0.1, 0.15) is 24.4 Å². The Morgan fingerprint density at radius 2 is 0.714 bits per heavy atom. The van der Waals surface area contributed by atoms with Crippen LogP contribution in [0.2, 0.25) is 0 Å². The summed E-state index contributed by atoms with van der Waals surface area (Å²) in [6.07, 6.45) is 55.7. The summed E-state index contributed by atoms with van der Waals surface area (Å²) < 4.78 is 11.3. The number of rotatable bonds is 55. The van der Waals surface area contributed by atoms with Gasteiger partial charge in [-0.1, -0.05) is 309 Å². The normalized spacial score (nSPS) is 19.2. The predicted molar refractivity (Wildman–Crippen MR) is 295 cm³/mol. The smallest absolute Gasteiger partial charge is 0.220 e. The SMILES string of the molecule is CCCCCCCCCCCCCCCCCCCCCCCCCCCCC(=O)NC(COC1OC(CO)C(O)C(O)C1O)C(O)CCCCCCCCCCCCCCCCCCCCCCC. The highest BCUT2D eigenvalue weighted by molar-refractivity contribution is 5.76. The highest BCUT2D eigenvalue weighted by atomic mass is 16.7. The van der Waals surface area contributed by atoms with Crippen molar-refractivity contribution in [3.05, 3.63) is 0 Å². The maximum Gasteiger partial charge on any atom is 0.220 e. The molecule has 70 heavy (non-hydrogen) atoms. The van der Waals surface area contributed by atoms with Gasteiger partial charge in [0.2, 0.25) is 5.91 Å². The van der Waals surface area contributed by atoms with Crippen molar-refractivity contribution in [2.24, 2.45) is 0 Å². The van der Waals surface area contributed by atoms with Gasteiger partial charge in [-0.3, -0.25) is 4.79 Å². The number of unbranched alkanes of at least 4 members (excludes halogenated alkanes) is 45. The van der Waals surface area contributed by atoms with Crippen LogP contribution < -0.4 is 5.32 Å². The summed E-state index contributed by atoms with van der Waals surface area (Å²) in [4.78, 5) is 13.1. The van der Waals surface area contributed by atoms with Gasteiger partial charge in [-0.2, -0.15) is 0 Å². The van der Waals surface area contributed by atoms with Crippen molar-refractivity contribution in [2.45, 2.75) is 371 Å². The van der Waals surface area contributed by atoms with E-state index in [9.17, 15) is 30.3 Å². The molecule has 1 amide bonds. The molecule has 1 rings (SSSR count). The minimum atomic E-state index is -1.55. The van der Waals surface area contributed by atoms with Crippen molar-refractivity contribution >= 4 is 5.91 Å². The number of amides is 1. The number of carbonyl (C=O) groups excluding carboxylic acids is 1. The van der Waals surface area contributed by atoms with Crippen molar-refractivity contribution in [1.29, 1.82) is 0 Å². The minimum Gasteiger partial charge on any atom is -0.394 e. The molecule has 6 N–H and O–H groups in total. The van der Waals surface area contributed by atoms with Gasteiger partial charge in [-0.25, -0.2) is 0 Å². The topological polar surface area (TPSA) is 149 Å². The summed E-state index contributed by atoms with van der Waals surface area (Å²) in [6.45, 7) is 3.90. The molecule has 0 aromatic rings. The molecule has 1 heterocycles. The molecule has 7 unspecified atom stereocenters. The van der Waals surface area contributed by atoms with E-state index in [1.807, 2.05) is 0 Å². The Hall–Kier alpha value is -0.810. The van der Waals surface area contributed by atoms with E-state index >= 15 is 0 Å². The largest absolute Gasteiger partial charge is 0.394 e. The van der Waals surface area contributed by atoms with Gasteiger partial charge in [0.25, 0.3) is 0 Å². The number of ether oxygens (including phenoxy) is 2. The number of aliphatic hydroxyl groups is 5. The zero-order valence-electron chi connectivity index (χ0n) is 46.6. The van der Waals surface area contributed by atoms with E-state index in [2.05, 4.69) is 19.2 Å². The van der Waals surface area contributed by atoms with Crippen LogP contribution in [-0.2, 0) is 14.3 Å². The van der Waals surface area contributed by atoms with E-state index in [0.717, 1.165) is 38.5 Å². The molecule has 9 heteroatoms. The van der Waals surface area contributed by atoms with Gasteiger partial charge in [-0.15, -0.1) is 0 Å². The third-order valence-corrected chi connectivity index (χ3v) is 15.5. The van der Waals surface area contributed by atoms with Gasteiger partial charge in [-0.05, 0) is 12.8 Å². The Labute approximate surface area is 434 Å². The lowest BCUT2D eigenvalue weighted by molar-refractivity contribution is -0.302. The lowest BCUT2D eigenvalue weighted by Crippen LogP contribution is -2.60. The molecule has 0 aromatic heterocycles. The number of aliphatic hydroxyl groups excluding tert-OH is 5. The molecule has 0 bridgehead atoms. The first-order chi connectivity index (χ1) is 34.3. The van der Waals surface area contributed by atoms with Gasteiger partial charge in [0.15, 0.2) is 6.29 Å². The Morgan fingerprint density at radius 1 is 0.429 bits per heavy atom. The summed E-state index contributed by atoms with van der Waals surface area (Å²) in [5.41, 5.74) is 0. The summed E-state index contributed by atoms with van der Waals surface area (Å²) in [5.74, 6) is -0.135. The Kier molecular flexibility index (Phi) is 49.6. The van der Waals surface area contributed by atoms with Crippen LogP contribution in [0.4, 0.5) is 0 Å². The highest BCUT2D eigenvalue weighted by Crippen LogP contribution is 2.24. The van der Waals surface area contributed by atoms with Crippen molar-refractivity contribution in [1.82, 2.24) is 5.32 Å². The van der Waals surface area contributed by atoms with Crippen LogP contribution in [0.25, 0.3) is 0 Å². The lowest BCUT2D eigenvalue weighted by atomic mass is 9.99. The molecule has 0 aromatic carbocycles. The van der Waals surface area contributed by atoms with Crippen LogP contribution in [-0.4, -0.2) is 87.5 Å². The number of hydrogen-bond acceptors (Lipinski definition) is 8. The van der Waals surface area contributed by atoms with E-state index in [0.29, 0.717) is 12.8 Å². The number of carbonyl (C=O) groups is 1. The molecule has 1 fully saturated rings. The number of hydrogen-bond donors (Lipinski definition) is 6. The Morgan fingerprint density at radius 3 is 1.01 bits per heavy atom. The number of nitrogens with one attached hydrogen (secondary N) is 1. The third kappa shape index (κ3) is 40.6. The average molecular weight is 997 g/mol. The quantitative estimate of drug-likeness (QED) is 0.0330. The Balaban J connectivity index is 2.15. The molecular weight excluding hydrogens is 875 g/mol. The highest BCUT2D eigenvalue weighted by Gasteiger charge is 2.44. The van der Waals surface area contributed by atoms with E-state index in [1.165, 1.54) is 263 Å². The van der Waals surface area contributed by atoms with E-state index in [-0.39, 0.29) is 12.5 Å². The van der Waals surface area contributed by atoms with Crippen molar-refractivity contribution in [3.8, 4) is 0 Å². The monoisotopic (exact) mass is 996 g/mol. The fourth-order valence-electron chi connectivity index (χ4n) is 10.5. The standard InChI is InChI=1S/C61H121NO8/c1-3-5-7-9-11-13-15-17-19-21-23-25-26-27-28-29-31-33-35-37-39-41-43-45-47-49-51-57(65)62-54(53-69-61-60(68)59(67)58(66)56(52-63)70-61)55(64)50-48-46-44-42-40-38-36-34-32-30-24-22-20-18-16-14-12-10-8-6-4-2/h54-56,58-61,63-64,66-68H,3-53H2,1-2H3,(H,62,65). The van der Waals surface area contributed by atoms with Crippen LogP contribution >= 0.6 is 0 Å². The first-order valence-electron chi connectivity index (χ1n) is 31.2. The molecule has 1 saturated heterocycles. The summed E-state index contributed by atoms with van der Waals surface area (Å²) in [7, 11) is 0. The lowest BCUT2D eigenvalue weighted by Gasteiger charge is -2.40. The molecule has 1 aliphatic heterocycles. The maximum absolute atomic E-state index is 13.1. The van der Waals surface area contributed by atoms with Gasteiger partial charge < -0.3 is 40.3 Å². The summed E-state index contributed by atoms with van der Waals surface area (Å²) >= 11 is 0. The molecule has 0 aliphatic carbocycles. The van der Waals surface area contributed by atoms with E-state index < -0.39 is 49.5 Å². The molecule has 1 aliphatic rings. The second-order valence-corrected chi connectivity index (χ2v) is 22.2. The summed E-state index contributed by atoms with van der Waals surface area (Å²) in [6, 6.07) is -0.714. The van der Waals surface area contributed by atoms with Crippen molar-refractivity contribution in [3.63, 3.8) is 0 Å². The zero-order valence-corrected chi connectivity index (χ0v) is 46.6. The molecule has 418 valence electrons. The van der Waals surface area contributed by atoms with Crippen molar-refractivity contribution < 1.29 is 39.8 Å². The van der Waals surface area contributed by atoms with E-state index in [4.69, 9.17) is 9.47 Å². The van der Waals surface area contributed by atoms with Crippen LogP contribution in [0.5, 0.6) is 0 Å². The van der Waals surface area contributed by atoms with Crippen LogP contribution in [0.3, 0.4) is 0 Å². The van der Waals surface area contributed by atoms with Crippen LogP contribution in [0.1, 0.15) is 328 Å².